The first-order chi connectivity index (χ1) is 13.8. The zero-order chi connectivity index (χ0) is 20.8. The van der Waals surface area contributed by atoms with E-state index in [2.05, 4.69) is 16.5 Å². The van der Waals surface area contributed by atoms with E-state index in [9.17, 15) is 8.42 Å². The van der Waals surface area contributed by atoms with Crippen molar-refractivity contribution in [2.45, 2.75) is 28.5 Å². The molecule has 0 N–H and O–H groups in total. The summed E-state index contributed by atoms with van der Waals surface area (Å²) in [5.41, 5.74) is 2.51. The molecule has 0 atom stereocenters. The Morgan fingerprint density at radius 1 is 1.14 bits per heavy atom. The van der Waals surface area contributed by atoms with E-state index in [1.807, 2.05) is 24.3 Å². The summed E-state index contributed by atoms with van der Waals surface area (Å²) in [6.07, 6.45) is 0. The lowest BCUT2D eigenvalue weighted by Gasteiger charge is -2.11. The summed E-state index contributed by atoms with van der Waals surface area (Å²) in [6, 6.07) is 10.8. The van der Waals surface area contributed by atoms with Gasteiger partial charge in [-0.15, -0.1) is 11.3 Å². The smallest absolute Gasteiger partial charge is 0.242 e. The Labute approximate surface area is 182 Å². The first-order valence-corrected chi connectivity index (χ1v) is 12.5. The molecule has 0 saturated carbocycles. The van der Waals surface area contributed by atoms with Crippen molar-refractivity contribution in [3.8, 4) is 0 Å². The van der Waals surface area contributed by atoms with Crippen molar-refractivity contribution < 1.29 is 8.42 Å². The highest BCUT2D eigenvalue weighted by Crippen LogP contribution is 2.33. The predicted molar refractivity (Wildman–Crippen MR) is 120 cm³/mol. The summed E-state index contributed by atoms with van der Waals surface area (Å²) < 4.78 is 30.2. The van der Waals surface area contributed by atoms with E-state index in [0.29, 0.717) is 16.3 Å². The van der Waals surface area contributed by atoms with E-state index in [4.69, 9.17) is 16.6 Å². The molecule has 4 rings (SSSR count). The van der Waals surface area contributed by atoms with Crippen LogP contribution in [-0.4, -0.2) is 41.4 Å². The fraction of sp³-hybridized carbons (Fsp3) is 0.263. The third kappa shape index (κ3) is 3.89. The molecular weight excluding hydrogens is 448 g/mol. The van der Waals surface area contributed by atoms with Crippen LogP contribution in [0.5, 0.6) is 0 Å². The molecule has 152 valence electrons. The first kappa shape index (κ1) is 20.6. The second kappa shape index (κ2) is 7.88. The maximum Gasteiger partial charge on any atom is 0.242 e. The Balaban J connectivity index is 1.65. The minimum absolute atomic E-state index is 0.248. The van der Waals surface area contributed by atoms with Gasteiger partial charge in [0.15, 0.2) is 4.34 Å². The number of sulfonamides is 1. The molecule has 0 aliphatic carbocycles. The molecule has 0 aliphatic heterocycles. The van der Waals surface area contributed by atoms with Crippen LogP contribution in [0.4, 0.5) is 0 Å². The summed E-state index contributed by atoms with van der Waals surface area (Å²) in [5, 5.41) is 0.676. The van der Waals surface area contributed by atoms with Crippen LogP contribution in [0.1, 0.15) is 12.7 Å². The van der Waals surface area contributed by atoms with Crippen LogP contribution in [0.25, 0.3) is 21.3 Å². The molecule has 4 aromatic rings. The van der Waals surface area contributed by atoms with E-state index in [0.717, 1.165) is 32.4 Å². The van der Waals surface area contributed by atoms with Crippen molar-refractivity contribution in [1.82, 2.24) is 18.8 Å². The lowest BCUT2D eigenvalue weighted by Crippen LogP contribution is -2.22. The first-order valence-electron chi connectivity index (χ1n) is 8.90. The van der Waals surface area contributed by atoms with Crippen LogP contribution >= 0.6 is 34.7 Å². The number of hydrogen-bond acceptors (Lipinski definition) is 6. The van der Waals surface area contributed by atoms with Crippen LogP contribution in [0.3, 0.4) is 0 Å². The maximum absolute atomic E-state index is 12.4. The predicted octanol–water partition coefficient (Wildman–Crippen LogP) is 4.86. The number of hydrogen-bond donors (Lipinski definition) is 0. The molecule has 2 aromatic carbocycles. The Kier molecular flexibility index (Phi) is 5.60. The van der Waals surface area contributed by atoms with E-state index in [-0.39, 0.29) is 4.90 Å². The molecule has 0 saturated heterocycles. The summed E-state index contributed by atoms with van der Waals surface area (Å²) in [4.78, 5) is 9.60. The number of fused-ring (bicyclic) bond motifs is 2. The fourth-order valence-corrected chi connectivity index (χ4v) is 6.14. The number of rotatable bonds is 6. The van der Waals surface area contributed by atoms with Gasteiger partial charge in [-0.1, -0.05) is 23.4 Å². The molecule has 0 bridgehead atoms. The molecule has 0 radical (unpaired) electrons. The van der Waals surface area contributed by atoms with Gasteiger partial charge in [-0.05, 0) is 43.3 Å². The zero-order valence-electron chi connectivity index (χ0n) is 16.1. The van der Waals surface area contributed by atoms with Gasteiger partial charge < -0.3 is 4.57 Å². The number of thioether (sulfide) groups is 1. The number of halogens is 1. The lowest BCUT2D eigenvalue weighted by atomic mass is 10.3. The van der Waals surface area contributed by atoms with Crippen molar-refractivity contribution in [3.05, 3.63) is 47.2 Å². The third-order valence-corrected chi connectivity index (χ3v) is 8.77. The Hall–Kier alpha value is -1.65. The van der Waals surface area contributed by atoms with Crippen LogP contribution in [0, 0.1) is 0 Å². The zero-order valence-corrected chi connectivity index (χ0v) is 19.3. The van der Waals surface area contributed by atoms with Crippen molar-refractivity contribution in [1.29, 1.82) is 0 Å². The highest BCUT2D eigenvalue weighted by Gasteiger charge is 2.19. The number of aryl methyl sites for hydroxylation is 1. The van der Waals surface area contributed by atoms with Crippen LogP contribution < -0.4 is 0 Å². The Morgan fingerprint density at radius 3 is 2.66 bits per heavy atom. The fourth-order valence-electron chi connectivity index (χ4n) is 3.06. The van der Waals surface area contributed by atoms with Crippen molar-refractivity contribution in [2.75, 3.05) is 14.1 Å². The van der Waals surface area contributed by atoms with Gasteiger partial charge in [0.1, 0.15) is 5.82 Å². The molecular formula is C19H19ClN4O2S3. The Bertz CT molecular complexity index is 1310. The number of aromatic nitrogens is 3. The van der Waals surface area contributed by atoms with Gasteiger partial charge in [-0.3, -0.25) is 0 Å². The molecule has 6 nitrogen and oxygen atoms in total. The van der Waals surface area contributed by atoms with Gasteiger partial charge in [-0.25, -0.2) is 22.7 Å². The highest BCUT2D eigenvalue weighted by atomic mass is 35.5. The average Bonchev–Trinajstić information content (AvgIpc) is 3.25. The Morgan fingerprint density at radius 2 is 1.93 bits per heavy atom. The SMILES string of the molecule is CCn1c(CSc2nc3cc(Cl)ccc3s2)nc2cc(S(=O)(=O)N(C)C)ccc21. The summed E-state index contributed by atoms with van der Waals surface area (Å²) in [6.45, 7) is 2.81. The van der Waals surface area contributed by atoms with Crippen LogP contribution in [-0.2, 0) is 22.3 Å². The standard InChI is InChI=1S/C19H19ClN4O2S3/c1-4-24-16-7-6-13(29(25,26)23(2)3)10-14(16)21-18(24)11-27-19-22-15-9-12(20)5-8-17(15)28-19/h5-10H,4,11H2,1-3H3. The van der Waals surface area contributed by atoms with Gasteiger partial charge in [0.2, 0.25) is 10.0 Å². The van der Waals surface area contributed by atoms with E-state index in [1.54, 1.807) is 35.2 Å². The van der Waals surface area contributed by atoms with Gasteiger partial charge in [0.05, 0.1) is 31.9 Å². The quantitative estimate of drug-likeness (QED) is 0.379. The molecule has 2 aromatic heterocycles. The van der Waals surface area contributed by atoms with Gasteiger partial charge >= 0.3 is 0 Å². The van der Waals surface area contributed by atoms with Gasteiger partial charge in [0.25, 0.3) is 0 Å². The summed E-state index contributed by atoms with van der Waals surface area (Å²) >= 11 is 9.29. The number of nitrogens with zero attached hydrogens (tertiary/aromatic N) is 4. The van der Waals surface area contributed by atoms with Crippen molar-refractivity contribution in [2.24, 2.45) is 0 Å². The molecule has 0 unspecified atom stereocenters. The third-order valence-electron chi connectivity index (χ3n) is 4.55. The second-order valence-electron chi connectivity index (χ2n) is 6.59. The lowest BCUT2D eigenvalue weighted by molar-refractivity contribution is 0.521. The largest absolute Gasteiger partial charge is 0.328 e. The molecule has 0 amide bonds. The average molecular weight is 467 g/mol. The number of benzene rings is 2. The maximum atomic E-state index is 12.4. The topological polar surface area (TPSA) is 68.1 Å². The van der Waals surface area contributed by atoms with E-state index < -0.39 is 10.0 Å². The summed E-state index contributed by atoms with van der Waals surface area (Å²) in [5.74, 6) is 1.54. The molecule has 0 spiro atoms. The van der Waals surface area contributed by atoms with Crippen LogP contribution in [0.2, 0.25) is 5.02 Å². The minimum atomic E-state index is -3.49. The summed E-state index contributed by atoms with van der Waals surface area (Å²) in [7, 11) is -0.442. The molecule has 10 heteroatoms. The monoisotopic (exact) mass is 466 g/mol. The van der Waals surface area contributed by atoms with E-state index >= 15 is 0 Å². The molecule has 2 heterocycles. The number of imidazole rings is 1. The normalized spacial score (nSPS) is 12.4. The van der Waals surface area contributed by atoms with Gasteiger partial charge in [0, 0.05) is 25.7 Å². The molecule has 0 fully saturated rings. The van der Waals surface area contributed by atoms with Crippen molar-refractivity contribution in [3.63, 3.8) is 0 Å². The number of thiazole rings is 1. The van der Waals surface area contributed by atoms with Crippen molar-refractivity contribution >= 4 is 66.0 Å². The minimum Gasteiger partial charge on any atom is -0.328 e. The van der Waals surface area contributed by atoms with E-state index in [1.165, 1.54) is 18.4 Å². The second-order valence-corrected chi connectivity index (χ2v) is 11.4. The highest BCUT2D eigenvalue weighted by molar-refractivity contribution is 8.00. The molecule has 29 heavy (non-hydrogen) atoms. The van der Waals surface area contributed by atoms with Gasteiger partial charge in [-0.2, -0.15) is 0 Å². The molecule has 0 aliphatic rings. The van der Waals surface area contributed by atoms with Crippen LogP contribution in [0.15, 0.2) is 45.6 Å².